The number of aliphatic hydroxyl groups is 1. The number of nitriles is 1. The van der Waals surface area contributed by atoms with Crippen LogP contribution in [0.25, 0.3) is 0 Å². The van der Waals surface area contributed by atoms with Crippen molar-refractivity contribution in [3.05, 3.63) is 28.8 Å². The number of likely N-dealkylation sites (tertiary alicyclic amines) is 3. The number of hydrogen-bond acceptors (Lipinski definition) is 7. The number of anilines is 1. The van der Waals surface area contributed by atoms with Crippen LogP contribution in [0.15, 0.2) is 23.3 Å². The summed E-state index contributed by atoms with van der Waals surface area (Å²) in [5.74, 6) is 1.93. The fraction of sp³-hybridized carbons (Fsp3) is 0.733. The van der Waals surface area contributed by atoms with E-state index in [9.17, 15) is 10.4 Å². The largest absolute Gasteiger partial charge is 0.393 e. The van der Waals surface area contributed by atoms with Crippen molar-refractivity contribution in [3.63, 3.8) is 0 Å². The van der Waals surface area contributed by atoms with Crippen LogP contribution in [0.5, 0.6) is 0 Å². The zero-order valence-electron chi connectivity index (χ0n) is 22.7. The van der Waals surface area contributed by atoms with E-state index in [0.29, 0.717) is 28.0 Å². The minimum Gasteiger partial charge on any atom is -0.393 e. The summed E-state index contributed by atoms with van der Waals surface area (Å²) in [6.45, 7) is 7.78. The van der Waals surface area contributed by atoms with Crippen molar-refractivity contribution in [2.24, 2.45) is 16.4 Å². The summed E-state index contributed by atoms with van der Waals surface area (Å²) in [6.07, 6.45) is 13.2. The first-order chi connectivity index (χ1) is 18.5. The van der Waals surface area contributed by atoms with E-state index in [1.54, 1.807) is 0 Å². The molecule has 1 aromatic carbocycles. The van der Waals surface area contributed by atoms with Gasteiger partial charge in [-0.3, -0.25) is 14.8 Å². The third kappa shape index (κ3) is 5.56. The molecule has 4 fully saturated rings. The Kier molecular flexibility index (Phi) is 7.86. The Morgan fingerprint density at radius 1 is 0.947 bits per heavy atom. The minimum absolute atomic E-state index is 0.0898. The molecule has 1 aliphatic carbocycles. The Bertz CT molecular complexity index is 1040. The topological polar surface area (TPSA) is 69.3 Å². The van der Waals surface area contributed by atoms with Gasteiger partial charge in [-0.05, 0) is 94.0 Å². The number of hydrogen-bond donors (Lipinski definition) is 1. The van der Waals surface area contributed by atoms with Crippen LogP contribution in [0.3, 0.4) is 0 Å². The van der Waals surface area contributed by atoms with Crippen LogP contribution in [0.2, 0.25) is 5.02 Å². The smallest absolute Gasteiger partial charge is 0.127 e. The first-order valence-electron chi connectivity index (χ1n) is 15.0. The molecule has 4 heterocycles. The summed E-state index contributed by atoms with van der Waals surface area (Å²) >= 11 is 6.43. The summed E-state index contributed by atoms with van der Waals surface area (Å²) in [6, 6.07) is 8.36. The van der Waals surface area contributed by atoms with Crippen LogP contribution < -0.4 is 5.01 Å². The van der Waals surface area contributed by atoms with Gasteiger partial charge in [0.15, 0.2) is 0 Å². The van der Waals surface area contributed by atoms with Crippen LogP contribution in [-0.4, -0.2) is 83.7 Å². The normalized spacial score (nSPS) is 27.7. The van der Waals surface area contributed by atoms with E-state index >= 15 is 0 Å². The molecular weight excluding hydrogens is 496 g/mol. The van der Waals surface area contributed by atoms with Gasteiger partial charge in [0, 0.05) is 32.6 Å². The lowest BCUT2D eigenvalue weighted by atomic mass is 9.71. The lowest BCUT2D eigenvalue weighted by Crippen LogP contribution is -2.51. The molecule has 4 aliphatic heterocycles. The number of nitrogens with zero attached hydrogens (tertiary/aromatic N) is 6. The highest BCUT2D eigenvalue weighted by atomic mass is 35.5. The Labute approximate surface area is 233 Å². The summed E-state index contributed by atoms with van der Waals surface area (Å²) < 4.78 is 0. The van der Waals surface area contributed by atoms with Gasteiger partial charge in [-0.1, -0.05) is 24.4 Å². The van der Waals surface area contributed by atoms with Crippen LogP contribution in [-0.2, 0) is 0 Å². The third-order valence-electron chi connectivity index (χ3n) is 10.3. The highest BCUT2D eigenvalue weighted by Crippen LogP contribution is 2.43. The van der Waals surface area contributed by atoms with Crippen LogP contribution in [0, 0.1) is 22.7 Å². The molecule has 0 radical (unpaired) electrons. The molecule has 1 unspecified atom stereocenters. The first-order valence-corrected chi connectivity index (χ1v) is 15.3. The van der Waals surface area contributed by atoms with Crippen molar-refractivity contribution < 1.29 is 5.11 Å². The fourth-order valence-corrected chi connectivity index (χ4v) is 7.87. The molecule has 5 aliphatic rings. The molecular formula is C30H43ClN6O. The van der Waals surface area contributed by atoms with Crippen LogP contribution in [0.1, 0.15) is 76.2 Å². The van der Waals surface area contributed by atoms with Gasteiger partial charge in [0.25, 0.3) is 0 Å². The standard InChI is InChI=1S/C30H43ClN6O/c31-27-19-25(6-5-24(27)21-32)37-28(23-3-1-2-4-23)20-29(33-37)36-17-11-30(12-18-36)9-15-35(16-10-30)22-34-13-7-26(38)8-14-34/h5-6,19,23,26,28,38H,1-4,7-18,20,22H2. The second-order valence-electron chi connectivity index (χ2n) is 12.5. The summed E-state index contributed by atoms with van der Waals surface area (Å²) in [5.41, 5.74) is 2.04. The maximum Gasteiger partial charge on any atom is 0.127 e. The average Bonchev–Trinajstić information content (AvgIpc) is 3.62. The molecule has 8 heteroatoms. The summed E-state index contributed by atoms with van der Waals surface area (Å²) in [7, 11) is 0. The SMILES string of the molecule is N#Cc1ccc(N2N=C(N3CCC4(CCN(CN5CCC(O)CC5)CC4)CC3)CC2C2CCCC2)cc1Cl. The van der Waals surface area contributed by atoms with Gasteiger partial charge in [0.2, 0.25) is 0 Å². The Morgan fingerprint density at radius 3 is 2.26 bits per heavy atom. The van der Waals surface area contributed by atoms with E-state index in [1.165, 1.54) is 70.3 Å². The zero-order valence-corrected chi connectivity index (χ0v) is 23.5. The van der Waals surface area contributed by atoms with E-state index in [4.69, 9.17) is 16.7 Å². The van der Waals surface area contributed by atoms with E-state index in [2.05, 4.69) is 25.8 Å². The molecule has 0 bridgehead atoms. The highest BCUT2D eigenvalue weighted by Gasteiger charge is 2.42. The number of benzene rings is 1. The van der Waals surface area contributed by atoms with Crippen molar-refractivity contribution in [1.29, 1.82) is 5.26 Å². The van der Waals surface area contributed by atoms with Crippen LogP contribution in [0.4, 0.5) is 5.69 Å². The fourth-order valence-electron chi connectivity index (χ4n) is 7.65. The second kappa shape index (κ2) is 11.3. The molecule has 0 amide bonds. The number of hydrazone groups is 1. The Hall–Kier alpha value is -1.85. The molecule has 7 nitrogen and oxygen atoms in total. The van der Waals surface area contributed by atoms with E-state index in [-0.39, 0.29) is 6.10 Å². The molecule has 1 spiro atoms. The number of piperidine rings is 3. The first kappa shape index (κ1) is 26.4. The number of halogens is 1. The average molecular weight is 539 g/mol. The zero-order chi connectivity index (χ0) is 26.1. The van der Waals surface area contributed by atoms with Crippen molar-refractivity contribution in [1.82, 2.24) is 14.7 Å². The summed E-state index contributed by atoms with van der Waals surface area (Å²) in [5, 5.41) is 27.1. The van der Waals surface area contributed by atoms with E-state index in [1.807, 2.05) is 18.2 Å². The number of rotatable bonds is 4. The number of amidine groups is 1. The monoisotopic (exact) mass is 538 g/mol. The molecule has 1 N–H and O–H groups in total. The molecule has 0 aromatic heterocycles. The highest BCUT2D eigenvalue weighted by molar-refractivity contribution is 6.32. The van der Waals surface area contributed by atoms with Crippen molar-refractivity contribution in [2.45, 2.75) is 82.8 Å². The molecule has 1 saturated carbocycles. The Morgan fingerprint density at radius 2 is 1.61 bits per heavy atom. The van der Waals surface area contributed by atoms with Gasteiger partial charge in [-0.2, -0.15) is 10.4 Å². The molecule has 38 heavy (non-hydrogen) atoms. The predicted molar refractivity (Wildman–Crippen MR) is 152 cm³/mol. The molecule has 6 rings (SSSR count). The molecule has 1 atom stereocenters. The van der Waals surface area contributed by atoms with Gasteiger partial charge in [-0.25, -0.2) is 0 Å². The predicted octanol–water partition coefficient (Wildman–Crippen LogP) is 4.89. The van der Waals surface area contributed by atoms with Gasteiger partial charge in [-0.15, -0.1) is 0 Å². The van der Waals surface area contributed by atoms with Crippen molar-refractivity contribution >= 4 is 23.1 Å². The van der Waals surface area contributed by atoms with Gasteiger partial charge in [0.1, 0.15) is 11.9 Å². The lowest BCUT2D eigenvalue weighted by molar-refractivity contribution is 0.00731. The second-order valence-corrected chi connectivity index (χ2v) is 13.0. The molecule has 1 aromatic rings. The van der Waals surface area contributed by atoms with Gasteiger partial charge >= 0.3 is 0 Å². The quantitative estimate of drug-likeness (QED) is 0.589. The van der Waals surface area contributed by atoms with Crippen molar-refractivity contribution in [3.8, 4) is 6.07 Å². The minimum atomic E-state index is -0.0898. The third-order valence-corrected chi connectivity index (χ3v) is 10.6. The summed E-state index contributed by atoms with van der Waals surface area (Å²) in [4.78, 5) is 7.74. The number of aliphatic hydroxyl groups excluding tert-OH is 1. The molecule has 206 valence electrons. The van der Waals surface area contributed by atoms with Crippen LogP contribution >= 0.6 is 11.6 Å². The maximum atomic E-state index is 9.80. The lowest BCUT2D eigenvalue weighted by Gasteiger charge is -2.48. The maximum absolute atomic E-state index is 9.80. The molecule has 3 saturated heterocycles. The Balaban J connectivity index is 1.07. The van der Waals surface area contributed by atoms with Gasteiger partial charge < -0.3 is 10.0 Å². The van der Waals surface area contributed by atoms with E-state index < -0.39 is 0 Å². The van der Waals surface area contributed by atoms with E-state index in [0.717, 1.165) is 57.8 Å². The van der Waals surface area contributed by atoms with Gasteiger partial charge in [0.05, 0.1) is 35.1 Å². The van der Waals surface area contributed by atoms with Crippen molar-refractivity contribution in [2.75, 3.05) is 50.9 Å².